The number of likely N-dealkylation sites (tertiary alicyclic amines) is 1. The van der Waals surface area contributed by atoms with Crippen molar-refractivity contribution in [3.8, 4) is 0 Å². The van der Waals surface area contributed by atoms with Gasteiger partial charge in [-0.05, 0) is 19.8 Å². The third kappa shape index (κ3) is 3.93. The van der Waals surface area contributed by atoms with E-state index in [9.17, 15) is 9.59 Å². The summed E-state index contributed by atoms with van der Waals surface area (Å²) in [5.74, 6) is -0.234. The van der Waals surface area contributed by atoms with Gasteiger partial charge in [0, 0.05) is 31.4 Å². The van der Waals surface area contributed by atoms with Crippen LogP contribution in [0.2, 0.25) is 0 Å². The van der Waals surface area contributed by atoms with E-state index in [1.165, 1.54) is 11.3 Å². The molecule has 0 atom stereocenters. The maximum Gasteiger partial charge on any atom is 0.357 e. The van der Waals surface area contributed by atoms with Crippen molar-refractivity contribution in [1.82, 2.24) is 9.88 Å². The molecule has 1 fully saturated rings. The van der Waals surface area contributed by atoms with E-state index < -0.39 is 5.97 Å². The molecule has 0 aliphatic carbocycles. The van der Waals surface area contributed by atoms with Gasteiger partial charge in [0.15, 0.2) is 10.8 Å². The van der Waals surface area contributed by atoms with Gasteiger partial charge in [-0.1, -0.05) is 0 Å². The van der Waals surface area contributed by atoms with Crippen molar-refractivity contribution in [3.63, 3.8) is 0 Å². The number of esters is 1. The molecule has 0 unspecified atom stereocenters. The number of hydrogen-bond acceptors (Lipinski definition) is 6. The molecule has 0 aromatic carbocycles. The number of carbonyl (C=O) groups excluding carboxylic acids is 2. The molecule has 1 saturated heterocycles. The molecule has 1 amide bonds. The predicted molar refractivity (Wildman–Crippen MR) is 77.0 cm³/mol. The summed E-state index contributed by atoms with van der Waals surface area (Å²) < 4.78 is 4.87. The highest BCUT2D eigenvalue weighted by molar-refractivity contribution is 7.13. The van der Waals surface area contributed by atoms with Crippen molar-refractivity contribution in [3.05, 3.63) is 11.1 Å². The second kappa shape index (κ2) is 7.23. The fourth-order valence-corrected chi connectivity index (χ4v) is 2.76. The number of ether oxygens (including phenoxy) is 1. The van der Waals surface area contributed by atoms with Crippen LogP contribution in [0.3, 0.4) is 0 Å². The molecule has 2 rings (SSSR count). The maximum atomic E-state index is 11.8. The lowest BCUT2D eigenvalue weighted by Gasteiger charge is -2.14. The van der Waals surface area contributed by atoms with Gasteiger partial charge in [-0.25, -0.2) is 9.78 Å². The molecule has 0 bridgehead atoms. The van der Waals surface area contributed by atoms with Gasteiger partial charge in [0.2, 0.25) is 5.91 Å². The summed E-state index contributed by atoms with van der Waals surface area (Å²) >= 11 is 1.34. The Morgan fingerprint density at radius 2 is 2.20 bits per heavy atom. The zero-order chi connectivity index (χ0) is 14.4. The molecule has 1 N–H and O–H groups in total. The van der Waals surface area contributed by atoms with E-state index in [1.807, 2.05) is 4.90 Å². The van der Waals surface area contributed by atoms with E-state index in [0.717, 1.165) is 25.9 Å². The normalized spacial score (nSPS) is 14.3. The van der Waals surface area contributed by atoms with Gasteiger partial charge in [0.25, 0.3) is 0 Å². The Bertz CT molecular complexity index is 469. The molecule has 110 valence electrons. The molecule has 0 spiro atoms. The van der Waals surface area contributed by atoms with Crippen LogP contribution >= 0.6 is 11.3 Å². The number of nitrogens with zero attached hydrogens (tertiary/aromatic N) is 2. The summed E-state index contributed by atoms with van der Waals surface area (Å²) in [4.78, 5) is 29.3. The zero-order valence-corrected chi connectivity index (χ0v) is 12.4. The standard InChI is InChI=1S/C13H19N3O3S/c1-2-19-12(18)10-9-20-13(15-10)14-6-5-11(17)16-7-3-4-8-16/h9H,2-8H2,1H3,(H,14,15). The van der Waals surface area contributed by atoms with Gasteiger partial charge >= 0.3 is 5.97 Å². The number of rotatable bonds is 6. The van der Waals surface area contributed by atoms with E-state index >= 15 is 0 Å². The van der Waals surface area contributed by atoms with E-state index in [4.69, 9.17) is 4.74 Å². The van der Waals surface area contributed by atoms with E-state index in [0.29, 0.717) is 30.4 Å². The molecule has 0 radical (unpaired) electrons. The lowest BCUT2D eigenvalue weighted by atomic mass is 10.3. The van der Waals surface area contributed by atoms with E-state index in [2.05, 4.69) is 10.3 Å². The number of thiazole rings is 1. The van der Waals surface area contributed by atoms with Crippen molar-refractivity contribution in [1.29, 1.82) is 0 Å². The van der Waals surface area contributed by atoms with Gasteiger partial charge in [0.1, 0.15) is 0 Å². The molecule has 1 aromatic heterocycles. The topological polar surface area (TPSA) is 71.5 Å². The smallest absolute Gasteiger partial charge is 0.357 e. The second-order valence-electron chi connectivity index (χ2n) is 4.52. The van der Waals surface area contributed by atoms with Gasteiger partial charge in [-0.15, -0.1) is 11.3 Å². The summed E-state index contributed by atoms with van der Waals surface area (Å²) in [6.45, 7) is 4.38. The summed E-state index contributed by atoms with van der Waals surface area (Å²) in [5.41, 5.74) is 0.310. The summed E-state index contributed by atoms with van der Waals surface area (Å²) in [6, 6.07) is 0. The number of amides is 1. The first-order chi connectivity index (χ1) is 9.70. The highest BCUT2D eigenvalue weighted by atomic mass is 32.1. The molecule has 20 heavy (non-hydrogen) atoms. The van der Waals surface area contributed by atoms with E-state index in [1.54, 1.807) is 12.3 Å². The van der Waals surface area contributed by atoms with Crippen molar-refractivity contribution >= 4 is 28.3 Å². The van der Waals surface area contributed by atoms with Crippen LogP contribution < -0.4 is 5.32 Å². The zero-order valence-electron chi connectivity index (χ0n) is 11.6. The Hall–Kier alpha value is -1.63. The summed E-state index contributed by atoms with van der Waals surface area (Å²) in [7, 11) is 0. The molecular weight excluding hydrogens is 278 g/mol. The summed E-state index contributed by atoms with van der Waals surface area (Å²) in [5, 5.41) is 5.36. The maximum absolute atomic E-state index is 11.8. The molecule has 0 saturated carbocycles. The molecule has 1 aliphatic rings. The van der Waals surface area contributed by atoms with Crippen molar-refractivity contribution in [2.24, 2.45) is 0 Å². The minimum absolute atomic E-state index is 0.178. The Balaban J connectivity index is 1.74. The van der Waals surface area contributed by atoms with Crippen LogP contribution in [0.1, 0.15) is 36.7 Å². The average molecular weight is 297 g/mol. The number of anilines is 1. The van der Waals surface area contributed by atoms with Crippen LogP contribution in [-0.4, -0.2) is 48.0 Å². The number of nitrogens with one attached hydrogen (secondary N) is 1. The summed E-state index contributed by atoms with van der Waals surface area (Å²) in [6.07, 6.45) is 2.66. The Labute approximate surface area is 122 Å². The minimum atomic E-state index is -0.412. The van der Waals surface area contributed by atoms with E-state index in [-0.39, 0.29) is 5.91 Å². The van der Waals surface area contributed by atoms with Crippen LogP contribution in [0.25, 0.3) is 0 Å². The van der Waals surface area contributed by atoms with Crippen LogP contribution in [-0.2, 0) is 9.53 Å². The molecular formula is C13H19N3O3S. The lowest BCUT2D eigenvalue weighted by molar-refractivity contribution is -0.129. The first-order valence-electron chi connectivity index (χ1n) is 6.85. The van der Waals surface area contributed by atoms with Crippen molar-refractivity contribution < 1.29 is 14.3 Å². The molecule has 1 aromatic rings. The lowest BCUT2D eigenvalue weighted by Crippen LogP contribution is -2.29. The molecule has 6 nitrogen and oxygen atoms in total. The Morgan fingerprint density at radius 3 is 2.90 bits per heavy atom. The van der Waals surface area contributed by atoms with Crippen molar-refractivity contribution in [2.75, 3.05) is 31.6 Å². The molecule has 1 aliphatic heterocycles. The van der Waals surface area contributed by atoms with Crippen LogP contribution in [0.5, 0.6) is 0 Å². The highest BCUT2D eigenvalue weighted by Crippen LogP contribution is 2.16. The van der Waals surface area contributed by atoms with Crippen LogP contribution in [0.15, 0.2) is 5.38 Å². The number of hydrogen-bond donors (Lipinski definition) is 1. The quantitative estimate of drug-likeness (QED) is 0.810. The van der Waals surface area contributed by atoms with Crippen LogP contribution in [0, 0.1) is 0 Å². The van der Waals surface area contributed by atoms with Crippen LogP contribution in [0.4, 0.5) is 5.13 Å². The second-order valence-corrected chi connectivity index (χ2v) is 5.38. The fourth-order valence-electron chi connectivity index (χ4n) is 2.05. The predicted octanol–water partition coefficient (Wildman–Crippen LogP) is 1.74. The third-order valence-corrected chi connectivity index (χ3v) is 3.86. The Kier molecular flexibility index (Phi) is 5.34. The molecule has 2 heterocycles. The van der Waals surface area contributed by atoms with Gasteiger partial charge in [-0.3, -0.25) is 4.79 Å². The number of carbonyl (C=O) groups is 2. The first kappa shape index (κ1) is 14.8. The van der Waals surface area contributed by atoms with Gasteiger partial charge < -0.3 is 15.0 Å². The molecule has 7 heteroatoms. The van der Waals surface area contributed by atoms with Gasteiger partial charge in [0.05, 0.1) is 6.61 Å². The minimum Gasteiger partial charge on any atom is -0.461 e. The third-order valence-electron chi connectivity index (χ3n) is 3.06. The average Bonchev–Trinajstić information content (AvgIpc) is 3.10. The largest absolute Gasteiger partial charge is 0.461 e. The first-order valence-corrected chi connectivity index (χ1v) is 7.73. The monoisotopic (exact) mass is 297 g/mol. The van der Waals surface area contributed by atoms with Crippen molar-refractivity contribution in [2.45, 2.75) is 26.2 Å². The fraction of sp³-hybridized carbons (Fsp3) is 0.615. The SMILES string of the molecule is CCOC(=O)c1csc(NCCC(=O)N2CCCC2)n1. The number of aromatic nitrogens is 1. The van der Waals surface area contributed by atoms with Gasteiger partial charge in [-0.2, -0.15) is 0 Å². The highest BCUT2D eigenvalue weighted by Gasteiger charge is 2.17. The Morgan fingerprint density at radius 1 is 1.45 bits per heavy atom.